The summed E-state index contributed by atoms with van der Waals surface area (Å²) >= 11 is 0. The van der Waals surface area contributed by atoms with Crippen molar-refractivity contribution in [2.75, 3.05) is 7.11 Å². The number of benzene rings is 2. The molecule has 0 fully saturated rings. The molecule has 0 aliphatic heterocycles. The third kappa shape index (κ3) is 3.33. The topological polar surface area (TPSA) is 39.4 Å². The van der Waals surface area contributed by atoms with Crippen molar-refractivity contribution in [3.8, 4) is 17.6 Å². The van der Waals surface area contributed by atoms with Crippen LogP contribution in [-0.2, 0) is 0 Å². The Hall–Kier alpha value is -2.99. The molecular weight excluding hydrogens is 300 g/mol. The minimum atomic E-state index is -0.327. The number of hydrogen-bond acceptors (Lipinski definition) is 3. The number of ether oxygens (including phenoxy) is 1. The molecule has 0 unspecified atom stereocenters. The van der Waals surface area contributed by atoms with Gasteiger partial charge in [-0.3, -0.25) is 0 Å². The van der Waals surface area contributed by atoms with E-state index in [0.717, 1.165) is 27.8 Å². The van der Waals surface area contributed by atoms with Crippen LogP contribution in [0.2, 0.25) is 0 Å². The highest BCUT2D eigenvalue weighted by Crippen LogP contribution is 2.24. The Morgan fingerprint density at radius 3 is 2.29 bits per heavy atom. The summed E-state index contributed by atoms with van der Waals surface area (Å²) in [5, 5.41) is 0.958. The lowest BCUT2D eigenvalue weighted by Gasteiger charge is -2.08. The van der Waals surface area contributed by atoms with Crippen LogP contribution < -0.4 is 10.4 Å². The monoisotopic (exact) mass is 318 g/mol. The maximum atomic E-state index is 11.7. The van der Waals surface area contributed by atoms with Gasteiger partial charge in [-0.1, -0.05) is 25.7 Å². The van der Waals surface area contributed by atoms with Gasteiger partial charge in [0.2, 0.25) is 0 Å². The average Bonchev–Trinajstić information content (AvgIpc) is 2.59. The molecule has 0 aliphatic carbocycles. The lowest BCUT2D eigenvalue weighted by atomic mass is 9.99. The van der Waals surface area contributed by atoms with Crippen LogP contribution in [0.3, 0.4) is 0 Å². The fourth-order valence-corrected chi connectivity index (χ4v) is 2.56. The van der Waals surface area contributed by atoms with E-state index in [-0.39, 0.29) is 11.5 Å². The van der Waals surface area contributed by atoms with Gasteiger partial charge in [-0.25, -0.2) is 4.79 Å². The molecule has 3 heteroatoms. The molecule has 0 spiro atoms. The Balaban J connectivity index is 1.99. The number of hydrogen-bond donors (Lipinski definition) is 0. The van der Waals surface area contributed by atoms with Crippen molar-refractivity contribution in [2.45, 2.75) is 19.8 Å². The first kappa shape index (κ1) is 15.9. The zero-order valence-electron chi connectivity index (χ0n) is 13.9. The SMILES string of the molecule is COc1ccc(C#Cc2ccc3c(C(C)C)cc(=O)oc3c2)cc1. The molecule has 0 atom stereocenters. The van der Waals surface area contributed by atoms with Gasteiger partial charge in [-0.15, -0.1) is 0 Å². The first-order chi connectivity index (χ1) is 11.6. The van der Waals surface area contributed by atoms with Crippen LogP contribution in [0.4, 0.5) is 0 Å². The average molecular weight is 318 g/mol. The van der Waals surface area contributed by atoms with E-state index in [0.29, 0.717) is 5.58 Å². The normalized spacial score (nSPS) is 10.5. The lowest BCUT2D eigenvalue weighted by Crippen LogP contribution is -2.02. The fraction of sp³-hybridized carbons (Fsp3) is 0.190. The van der Waals surface area contributed by atoms with E-state index in [2.05, 4.69) is 25.7 Å². The summed E-state index contributed by atoms with van der Waals surface area (Å²) in [6.45, 7) is 4.12. The Morgan fingerprint density at radius 2 is 1.62 bits per heavy atom. The molecule has 1 aromatic heterocycles. The van der Waals surface area contributed by atoms with Gasteiger partial charge < -0.3 is 9.15 Å². The van der Waals surface area contributed by atoms with Gasteiger partial charge in [0, 0.05) is 22.6 Å². The highest BCUT2D eigenvalue weighted by molar-refractivity contribution is 5.82. The molecule has 120 valence electrons. The smallest absolute Gasteiger partial charge is 0.336 e. The lowest BCUT2D eigenvalue weighted by molar-refractivity contribution is 0.415. The van der Waals surface area contributed by atoms with E-state index >= 15 is 0 Å². The zero-order valence-corrected chi connectivity index (χ0v) is 13.9. The van der Waals surface area contributed by atoms with Crippen LogP contribution in [0.5, 0.6) is 5.75 Å². The van der Waals surface area contributed by atoms with Gasteiger partial charge in [-0.2, -0.15) is 0 Å². The van der Waals surface area contributed by atoms with Crippen molar-refractivity contribution < 1.29 is 9.15 Å². The Labute approximate surface area is 140 Å². The highest BCUT2D eigenvalue weighted by Gasteiger charge is 2.09. The van der Waals surface area contributed by atoms with Crippen molar-refractivity contribution in [3.63, 3.8) is 0 Å². The van der Waals surface area contributed by atoms with E-state index in [1.807, 2.05) is 42.5 Å². The van der Waals surface area contributed by atoms with Crippen LogP contribution in [0.25, 0.3) is 11.0 Å². The van der Waals surface area contributed by atoms with Crippen molar-refractivity contribution in [1.29, 1.82) is 0 Å². The van der Waals surface area contributed by atoms with Crippen LogP contribution in [-0.4, -0.2) is 7.11 Å². The standard InChI is InChI=1S/C21H18O3/c1-14(2)19-13-21(22)24-20-12-16(8-11-18(19)20)5-4-15-6-9-17(23-3)10-7-15/h6-14H,1-3H3. The largest absolute Gasteiger partial charge is 0.497 e. The predicted molar refractivity (Wildman–Crippen MR) is 95.5 cm³/mol. The second-order valence-electron chi connectivity index (χ2n) is 5.86. The van der Waals surface area contributed by atoms with Crippen LogP contribution >= 0.6 is 0 Å². The molecule has 0 aliphatic rings. The quantitative estimate of drug-likeness (QED) is 0.522. The predicted octanol–water partition coefficient (Wildman–Crippen LogP) is 4.32. The van der Waals surface area contributed by atoms with Gasteiger partial charge in [0.25, 0.3) is 0 Å². The molecule has 0 N–H and O–H groups in total. The number of fused-ring (bicyclic) bond motifs is 1. The third-order valence-electron chi connectivity index (χ3n) is 3.84. The molecule has 1 heterocycles. The van der Waals surface area contributed by atoms with Gasteiger partial charge in [-0.05, 0) is 53.9 Å². The zero-order chi connectivity index (χ0) is 17.1. The molecule has 3 nitrogen and oxygen atoms in total. The van der Waals surface area contributed by atoms with Gasteiger partial charge in [0.05, 0.1) is 7.11 Å². The summed E-state index contributed by atoms with van der Waals surface area (Å²) in [6, 6.07) is 14.9. The van der Waals surface area contributed by atoms with E-state index in [1.54, 1.807) is 13.2 Å². The van der Waals surface area contributed by atoms with Gasteiger partial charge >= 0.3 is 5.63 Å². The van der Waals surface area contributed by atoms with E-state index in [4.69, 9.17) is 9.15 Å². The van der Waals surface area contributed by atoms with E-state index in [1.165, 1.54) is 0 Å². The Kier molecular flexibility index (Phi) is 4.39. The number of methoxy groups -OCH3 is 1. The molecule has 0 saturated carbocycles. The molecule has 3 rings (SSSR count). The third-order valence-corrected chi connectivity index (χ3v) is 3.84. The van der Waals surface area contributed by atoms with Gasteiger partial charge in [0.1, 0.15) is 11.3 Å². The van der Waals surface area contributed by atoms with Crippen LogP contribution in [0.15, 0.2) is 57.7 Å². The van der Waals surface area contributed by atoms with Crippen molar-refractivity contribution in [3.05, 3.63) is 75.6 Å². The number of rotatable bonds is 2. The van der Waals surface area contributed by atoms with Crippen LogP contribution in [0.1, 0.15) is 36.5 Å². The van der Waals surface area contributed by atoms with Gasteiger partial charge in [0.15, 0.2) is 0 Å². The molecule has 0 amide bonds. The van der Waals surface area contributed by atoms with E-state index in [9.17, 15) is 4.79 Å². The second-order valence-corrected chi connectivity index (χ2v) is 5.86. The van der Waals surface area contributed by atoms with E-state index < -0.39 is 0 Å². The summed E-state index contributed by atoms with van der Waals surface area (Å²) in [5.41, 5.74) is 2.95. The highest BCUT2D eigenvalue weighted by atomic mass is 16.5. The Bertz CT molecular complexity index is 983. The summed E-state index contributed by atoms with van der Waals surface area (Å²) in [4.78, 5) is 11.7. The maximum Gasteiger partial charge on any atom is 0.336 e. The van der Waals surface area contributed by atoms with Crippen LogP contribution in [0, 0.1) is 11.8 Å². The maximum absolute atomic E-state index is 11.7. The first-order valence-electron chi connectivity index (χ1n) is 7.80. The summed E-state index contributed by atoms with van der Waals surface area (Å²) in [7, 11) is 1.63. The minimum absolute atomic E-state index is 0.257. The first-order valence-corrected chi connectivity index (χ1v) is 7.80. The fourth-order valence-electron chi connectivity index (χ4n) is 2.56. The van der Waals surface area contributed by atoms with Crippen molar-refractivity contribution in [2.24, 2.45) is 0 Å². The molecule has 3 aromatic rings. The van der Waals surface area contributed by atoms with Crippen molar-refractivity contribution >= 4 is 11.0 Å². The molecule has 0 radical (unpaired) electrons. The summed E-state index contributed by atoms with van der Waals surface area (Å²) in [5.74, 6) is 7.27. The molecule has 24 heavy (non-hydrogen) atoms. The second kappa shape index (κ2) is 6.64. The Morgan fingerprint density at radius 1 is 0.958 bits per heavy atom. The summed E-state index contributed by atoms with van der Waals surface area (Å²) < 4.78 is 10.5. The minimum Gasteiger partial charge on any atom is -0.497 e. The molecule has 0 saturated heterocycles. The summed E-state index contributed by atoms with van der Waals surface area (Å²) in [6.07, 6.45) is 0. The molecule has 2 aromatic carbocycles. The molecular formula is C21H18O3. The molecule has 0 bridgehead atoms. The van der Waals surface area contributed by atoms with Crippen molar-refractivity contribution in [1.82, 2.24) is 0 Å².